The summed E-state index contributed by atoms with van der Waals surface area (Å²) in [5.74, 6) is -1.14. The molecule has 0 radical (unpaired) electrons. The summed E-state index contributed by atoms with van der Waals surface area (Å²) < 4.78 is 7.65. The minimum absolute atomic E-state index is 0.214. The number of furan rings is 1. The number of aromatic amines is 1. The SMILES string of the molecule is O=C(NC1(C(=O)Nc2ccc3[nH]c(C(=O)O)cc(=O)c3c2)CCCC1)c1ccc2c(c1)nc(-c1ccoc1)n2C1CCCCC1. The number of carbonyl (C=O) groups is 3. The quantitative estimate of drug-likeness (QED) is 0.176. The van der Waals surface area contributed by atoms with Gasteiger partial charge < -0.3 is 29.7 Å². The van der Waals surface area contributed by atoms with E-state index in [4.69, 9.17) is 9.40 Å². The van der Waals surface area contributed by atoms with Gasteiger partial charge in [0, 0.05) is 28.7 Å². The van der Waals surface area contributed by atoms with Gasteiger partial charge in [-0.05, 0) is 68.1 Å². The number of imidazole rings is 1. The Kier molecular flexibility index (Phi) is 7.23. The zero-order valence-electron chi connectivity index (χ0n) is 24.6. The summed E-state index contributed by atoms with van der Waals surface area (Å²) >= 11 is 0. The molecule has 2 saturated carbocycles. The maximum absolute atomic E-state index is 13.7. The van der Waals surface area contributed by atoms with Crippen LogP contribution in [0.15, 0.2) is 70.3 Å². The molecule has 0 spiro atoms. The van der Waals surface area contributed by atoms with Crippen LogP contribution in [0.3, 0.4) is 0 Å². The second-order valence-electron chi connectivity index (χ2n) is 12.1. The lowest BCUT2D eigenvalue weighted by molar-refractivity contribution is -0.122. The van der Waals surface area contributed by atoms with E-state index in [-0.39, 0.29) is 22.9 Å². The Morgan fingerprint density at radius 1 is 0.978 bits per heavy atom. The molecule has 11 heteroatoms. The number of carbonyl (C=O) groups excluding carboxylic acids is 2. The fourth-order valence-corrected chi connectivity index (χ4v) is 6.91. The lowest BCUT2D eigenvalue weighted by atomic mass is 9.94. The summed E-state index contributed by atoms with van der Waals surface area (Å²) in [7, 11) is 0. The molecule has 4 N–H and O–H groups in total. The van der Waals surface area contributed by atoms with Gasteiger partial charge in [0.15, 0.2) is 5.43 Å². The number of benzene rings is 2. The number of nitrogens with zero attached hydrogens (tertiary/aromatic N) is 2. The van der Waals surface area contributed by atoms with E-state index in [1.165, 1.54) is 25.3 Å². The van der Waals surface area contributed by atoms with Gasteiger partial charge >= 0.3 is 5.97 Å². The highest BCUT2D eigenvalue weighted by Gasteiger charge is 2.42. The fraction of sp³-hybridized carbons (Fsp3) is 0.324. The van der Waals surface area contributed by atoms with Gasteiger partial charge in [0.1, 0.15) is 23.3 Å². The molecule has 0 bridgehead atoms. The third-order valence-electron chi connectivity index (χ3n) is 9.23. The first-order valence-electron chi connectivity index (χ1n) is 15.4. The first-order chi connectivity index (χ1) is 21.8. The monoisotopic (exact) mass is 607 g/mol. The second kappa shape index (κ2) is 11.4. The molecule has 5 aromatic rings. The van der Waals surface area contributed by atoms with E-state index in [0.29, 0.717) is 41.2 Å². The Labute approximate surface area is 257 Å². The van der Waals surface area contributed by atoms with Gasteiger partial charge in [0.25, 0.3) is 5.91 Å². The maximum Gasteiger partial charge on any atom is 0.352 e. The van der Waals surface area contributed by atoms with Crippen LogP contribution in [-0.2, 0) is 4.79 Å². The third kappa shape index (κ3) is 5.28. The van der Waals surface area contributed by atoms with Crippen LogP contribution < -0.4 is 16.1 Å². The smallest absolute Gasteiger partial charge is 0.352 e. The summed E-state index contributed by atoms with van der Waals surface area (Å²) in [6.07, 6.45) is 11.6. The molecule has 0 saturated heterocycles. The topological polar surface area (TPSA) is 159 Å². The molecule has 2 fully saturated rings. The lowest BCUT2D eigenvalue weighted by Crippen LogP contribution is -2.55. The van der Waals surface area contributed by atoms with Gasteiger partial charge in [-0.1, -0.05) is 32.1 Å². The summed E-state index contributed by atoms with van der Waals surface area (Å²) in [6, 6.07) is 13.4. The molecule has 3 heterocycles. The van der Waals surface area contributed by atoms with Crippen LogP contribution in [0, 0.1) is 0 Å². The minimum Gasteiger partial charge on any atom is -0.477 e. The van der Waals surface area contributed by atoms with Crippen molar-refractivity contribution in [1.29, 1.82) is 0 Å². The van der Waals surface area contributed by atoms with Crippen molar-refractivity contribution in [3.8, 4) is 11.4 Å². The van der Waals surface area contributed by atoms with Crippen LogP contribution in [-0.4, -0.2) is 43.0 Å². The van der Waals surface area contributed by atoms with E-state index in [1.807, 2.05) is 12.1 Å². The van der Waals surface area contributed by atoms with E-state index < -0.39 is 16.9 Å². The number of amides is 2. The molecule has 2 aliphatic carbocycles. The Hall–Kier alpha value is -5.19. The van der Waals surface area contributed by atoms with Crippen LogP contribution in [0.4, 0.5) is 5.69 Å². The van der Waals surface area contributed by atoms with Gasteiger partial charge in [0.2, 0.25) is 5.91 Å². The molecular weight excluding hydrogens is 574 g/mol. The molecule has 2 amide bonds. The van der Waals surface area contributed by atoms with Gasteiger partial charge in [-0.3, -0.25) is 14.4 Å². The zero-order chi connectivity index (χ0) is 31.1. The van der Waals surface area contributed by atoms with Crippen molar-refractivity contribution >= 4 is 45.4 Å². The van der Waals surface area contributed by atoms with E-state index in [2.05, 4.69) is 20.2 Å². The van der Waals surface area contributed by atoms with E-state index in [9.17, 15) is 24.3 Å². The summed E-state index contributed by atoms with van der Waals surface area (Å²) in [5.41, 5.74) is 1.90. The maximum atomic E-state index is 13.7. The Morgan fingerprint density at radius 2 is 1.78 bits per heavy atom. The van der Waals surface area contributed by atoms with Crippen molar-refractivity contribution in [2.45, 2.75) is 69.4 Å². The molecule has 2 aromatic carbocycles. The largest absolute Gasteiger partial charge is 0.477 e. The highest BCUT2D eigenvalue weighted by Crippen LogP contribution is 2.37. The molecule has 230 valence electrons. The van der Waals surface area contributed by atoms with Crippen molar-refractivity contribution in [2.75, 3.05) is 5.32 Å². The lowest BCUT2D eigenvalue weighted by Gasteiger charge is -2.29. The number of carboxylic acids is 1. The molecule has 0 unspecified atom stereocenters. The molecule has 11 nitrogen and oxygen atoms in total. The van der Waals surface area contributed by atoms with E-state index in [0.717, 1.165) is 48.7 Å². The van der Waals surface area contributed by atoms with Crippen LogP contribution >= 0.6 is 0 Å². The number of pyridine rings is 1. The van der Waals surface area contributed by atoms with Crippen LogP contribution in [0.1, 0.15) is 84.7 Å². The van der Waals surface area contributed by atoms with E-state index >= 15 is 0 Å². The summed E-state index contributed by atoms with van der Waals surface area (Å²) in [6.45, 7) is 0. The van der Waals surface area contributed by atoms with Gasteiger partial charge in [0.05, 0.1) is 28.4 Å². The molecule has 2 aliphatic rings. The number of carboxylic acid groups (broad SMARTS) is 1. The summed E-state index contributed by atoms with van der Waals surface area (Å²) in [5, 5.41) is 15.4. The number of nitrogens with one attached hydrogen (secondary N) is 3. The minimum atomic E-state index is -1.24. The van der Waals surface area contributed by atoms with Gasteiger partial charge in [-0.25, -0.2) is 9.78 Å². The first kappa shape index (κ1) is 28.6. The third-order valence-corrected chi connectivity index (χ3v) is 9.23. The van der Waals surface area contributed by atoms with Crippen molar-refractivity contribution in [2.24, 2.45) is 0 Å². The number of H-pyrrole nitrogens is 1. The fourth-order valence-electron chi connectivity index (χ4n) is 6.91. The number of hydrogen-bond acceptors (Lipinski definition) is 6. The molecule has 45 heavy (non-hydrogen) atoms. The Bertz CT molecular complexity index is 1990. The van der Waals surface area contributed by atoms with Gasteiger partial charge in [-0.15, -0.1) is 0 Å². The number of rotatable bonds is 7. The zero-order valence-corrected chi connectivity index (χ0v) is 24.6. The van der Waals surface area contributed by atoms with Crippen molar-refractivity contribution in [3.05, 3.63) is 82.5 Å². The average Bonchev–Trinajstić information content (AvgIpc) is 3.82. The van der Waals surface area contributed by atoms with Crippen molar-refractivity contribution < 1.29 is 23.9 Å². The van der Waals surface area contributed by atoms with Crippen LogP contribution in [0.25, 0.3) is 33.3 Å². The van der Waals surface area contributed by atoms with Crippen molar-refractivity contribution in [3.63, 3.8) is 0 Å². The van der Waals surface area contributed by atoms with E-state index in [1.54, 1.807) is 36.8 Å². The highest BCUT2D eigenvalue weighted by molar-refractivity contribution is 6.05. The normalized spacial score (nSPS) is 16.6. The highest BCUT2D eigenvalue weighted by atomic mass is 16.4. The molecule has 0 atom stereocenters. The number of anilines is 1. The second-order valence-corrected chi connectivity index (χ2v) is 12.1. The van der Waals surface area contributed by atoms with Crippen LogP contribution in [0.2, 0.25) is 0 Å². The number of fused-ring (bicyclic) bond motifs is 2. The predicted molar refractivity (Wildman–Crippen MR) is 168 cm³/mol. The molecule has 3 aromatic heterocycles. The predicted octanol–water partition coefficient (Wildman–Crippen LogP) is 6.02. The number of aromatic nitrogens is 3. The Morgan fingerprint density at radius 3 is 2.51 bits per heavy atom. The Balaban J connectivity index is 1.16. The average molecular weight is 608 g/mol. The molecular formula is C34H33N5O6. The van der Waals surface area contributed by atoms with Crippen LogP contribution in [0.5, 0.6) is 0 Å². The number of aromatic carboxylic acids is 1. The number of hydrogen-bond donors (Lipinski definition) is 4. The first-order valence-corrected chi connectivity index (χ1v) is 15.4. The summed E-state index contributed by atoms with van der Waals surface area (Å²) in [4.78, 5) is 59.0. The van der Waals surface area contributed by atoms with Gasteiger partial charge in [-0.2, -0.15) is 0 Å². The standard InChI is InChI=1S/C34H33N5O6/c40-29-18-27(32(42)43)36-25-10-9-22(17-24(25)29)35-33(44)34(13-4-5-14-34)38-31(41)20-8-11-28-26(16-20)37-30(21-12-15-45-19-21)39(28)23-6-2-1-3-7-23/h8-12,15-19,23H,1-7,13-14H2,(H,35,44)(H,36,40)(H,38,41)(H,42,43). The molecule has 0 aliphatic heterocycles. The molecule has 7 rings (SSSR count). The van der Waals surface area contributed by atoms with Crippen molar-refractivity contribution in [1.82, 2.24) is 19.9 Å².